The highest BCUT2D eigenvalue weighted by atomic mass is 32.2. The largest absolute Gasteiger partial charge is 0.496 e. The Hall–Kier alpha value is -2.45. The van der Waals surface area contributed by atoms with E-state index in [2.05, 4.69) is 10.3 Å². The van der Waals surface area contributed by atoms with E-state index in [1.165, 1.54) is 25.3 Å². The van der Waals surface area contributed by atoms with Crippen LogP contribution in [0.4, 0.5) is 0 Å². The van der Waals surface area contributed by atoms with E-state index in [0.29, 0.717) is 5.69 Å². The van der Waals surface area contributed by atoms with Crippen LogP contribution in [0.3, 0.4) is 0 Å². The Morgan fingerprint density at radius 2 is 2.09 bits per heavy atom. The molecule has 0 saturated carbocycles. The molecular formula is C14H15N3O4S. The molecule has 0 saturated heterocycles. The Kier molecular flexibility index (Phi) is 4.74. The molecule has 22 heavy (non-hydrogen) atoms. The number of sulfonamides is 1. The number of methoxy groups -OCH3 is 1. The van der Waals surface area contributed by atoms with Crippen LogP contribution in [0, 0.1) is 0 Å². The number of aromatic nitrogens is 1. The van der Waals surface area contributed by atoms with Crippen molar-refractivity contribution in [1.29, 1.82) is 0 Å². The van der Waals surface area contributed by atoms with Crippen molar-refractivity contribution in [3.05, 3.63) is 53.9 Å². The lowest BCUT2D eigenvalue weighted by atomic mass is 10.2. The lowest BCUT2D eigenvalue weighted by molar-refractivity contribution is 0.0947. The molecule has 0 fully saturated rings. The number of nitrogens with one attached hydrogen (secondary N) is 1. The zero-order valence-corrected chi connectivity index (χ0v) is 12.6. The maximum absolute atomic E-state index is 12.2. The van der Waals surface area contributed by atoms with Crippen molar-refractivity contribution in [1.82, 2.24) is 10.3 Å². The minimum atomic E-state index is -3.90. The molecule has 7 nitrogen and oxygen atoms in total. The summed E-state index contributed by atoms with van der Waals surface area (Å²) in [4.78, 5) is 16.1. The molecule has 0 aliphatic heterocycles. The second kappa shape index (κ2) is 6.54. The molecule has 116 valence electrons. The highest BCUT2D eigenvalue weighted by molar-refractivity contribution is 7.89. The van der Waals surface area contributed by atoms with Gasteiger partial charge in [0.1, 0.15) is 5.75 Å². The van der Waals surface area contributed by atoms with Crippen molar-refractivity contribution in [3.63, 3.8) is 0 Å². The van der Waals surface area contributed by atoms with Crippen LogP contribution in [0.5, 0.6) is 5.75 Å². The maximum Gasteiger partial charge on any atom is 0.255 e. The molecule has 1 amide bonds. The van der Waals surface area contributed by atoms with Crippen LogP contribution in [0.2, 0.25) is 0 Å². The summed E-state index contributed by atoms with van der Waals surface area (Å²) in [5.41, 5.74) is 0.766. The normalized spacial score (nSPS) is 11.0. The van der Waals surface area contributed by atoms with Crippen LogP contribution in [-0.2, 0) is 16.6 Å². The van der Waals surface area contributed by atoms with Gasteiger partial charge in [0.15, 0.2) is 0 Å². The second-order valence-electron chi connectivity index (χ2n) is 4.41. The topological polar surface area (TPSA) is 111 Å². The first-order valence-corrected chi connectivity index (χ1v) is 7.85. The van der Waals surface area contributed by atoms with Gasteiger partial charge in [-0.05, 0) is 30.3 Å². The molecule has 0 spiro atoms. The molecule has 0 radical (unpaired) electrons. The molecular weight excluding hydrogens is 306 g/mol. The Balaban J connectivity index is 2.24. The molecule has 0 atom stereocenters. The summed E-state index contributed by atoms with van der Waals surface area (Å²) in [6.45, 7) is 0.211. The van der Waals surface area contributed by atoms with Crippen LogP contribution < -0.4 is 15.2 Å². The average molecular weight is 321 g/mol. The number of benzene rings is 1. The number of hydrogen-bond donors (Lipinski definition) is 2. The number of nitrogens with zero attached hydrogens (tertiary/aromatic N) is 1. The number of ether oxygens (including phenoxy) is 1. The molecule has 2 rings (SSSR count). The zero-order valence-electron chi connectivity index (χ0n) is 11.8. The fourth-order valence-electron chi connectivity index (χ4n) is 1.81. The Morgan fingerprint density at radius 1 is 1.32 bits per heavy atom. The SMILES string of the molecule is COc1ccc(S(N)(=O)=O)cc1C(=O)NCc1ccccn1. The van der Waals surface area contributed by atoms with Gasteiger partial charge in [-0.1, -0.05) is 6.07 Å². The maximum atomic E-state index is 12.2. The molecule has 0 unspecified atom stereocenters. The number of pyridine rings is 1. The summed E-state index contributed by atoms with van der Waals surface area (Å²) in [6.07, 6.45) is 1.61. The monoisotopic (exact) mass is 321 g/mol. The molecule has 1 aromatic carbocycles. The van der Waals surface area contributed by atoms with E-state index in [9.17, 15) is 13.2 Å². The highest BCUT2D eigenvalue weighted by Gasteiger charge is 2.17. The van der Waals surface area contributed by atoms with Gasteiger partial charge in [0.25, 0.3) is 5.91 Å². The molecule has 1 heterocycles. The Labute approximate surface area is 128 Å². The van der Waals surface area contributed by atoms with Crippen molar-refractivity contribution in [2.75, 3.05) is 7.11 Å². The van der Waals surface area contributed by atoms with E-state index in [4.69, 9.17) is 9.88 Å². The standard InChI is InChI=1S/C14H15N3O4S/c1-21-13-6-5-11(22(15,19)20)8-12(13)14(18)17-9-10-4-2-3-7-16-10/h2-8H,9H2,1H3,(H,17,18)(H2,15,19,20). The second-order valence-corrected chi connectivity index (χ2v) is 5.97. The van der Waals surface area contributed by atoms with Gasteiger partial charge in [0.2, 0.25) is 10.0 Å². The van der Waals surface area contributed by atoms with Gasteiger partial charge in [0, 0.05) is 6.20 Å². The molecule has 8 heteroatoms. The lowest BCUT2D eigenvalue weighted by Gasteiger charge is -2.10. The van der Waals surface area contributed by atoms with Gasteiger partial charge < -0.3 is 10.1 Å². The number of hydrogen-bond acceptors (Lipinski definition) is 5. The van der Waals surface area contributed by atoms with Crippen LogP contribution in [0.15, 0.2) is 47.5 Å². The van der Waals surface area contributed by atoms with Crippen molar-refractivity contribution in [2.45, 2.75) is 11.4 Å². The first-order valence-electron chi connectivity index (χ1n) is 6.31. The fraction of sp³-hybridized carbons (Fsp3) is 0.143. The van der Waals surface area contributed by atoms with E-state index < -0.39 is 15.9 Å². The fourth-order valence-corrected chi connectivity index (χ4v) is 2.35. The smallest absolute Gasteiger partial charge is 0.255 e. The Bertz CT molecular complexity index is 776. The van der Waals surface area contributed by atoms with Crippen molar-refractivity contribution >= 4 is 15.9 Å². The third-order valence-corrected chi connectivity index (χ3v) is 3.81. The number of rotatable bonds is 5. The third-order valence-electron chi connectivity index (χ3n) is 2.90. The summed E-state index contributed by atoms with van der Waals surface area (Å²) in [7, 11) is -2.51. The Morgan fingerprint density at radius 3 is 2.68 bits per heavy atom. The number of nitrogens with two attached hydrogens (primary N) is 1. The first kappa shape index (κ1) is 15.9. The molecule has 0 bridgehead atoms. The minimum absolute atomic E-state index is 0.0879. The predicted molar refractivity (Wildman–Crippen MR) is 79.8 cm³/mol. The summed E-state index contributed by atoms with van der Waals surface area (Å²) in [6, 6.07) is 9.18. The lowest BCUT2D eigenvalue weighted by Crippen LogP contribution is -2.24. The van der Waals surface area contributed by atoms with Gasteiger partial charge >= 0.3 is 0 Å². The number of primary sulfonamides is 1. The molecule has 0 aliphatic rings. The highest BCUT2D eigenvalue weighted by Crippen LogP contribution is 2.21. The van der Waals surface area contributed by atoms with Gasteiger partial charge in [-0.2, -0.15) is 0 Å². The zero-order chi connectivity index (χ0) is 16.2. The third kappa shape index (κ3) is 3.80. The van der Waals surface area contributed by atoms with Crippen molar-refractivity contribution in [2.24, 2.45) is 5.14 Å². The number of carbonyl (C=O) groups excluding carboxylic acids is 1. The van der Waals surface area contributed by atoms with E-state index in [1.54, 1.807) is 24.4 Å². The molecule has 0 aliphatic carbocycles. The summed E-state index contributed by atoms with van der Waals surface area (Å²) < 4.78 is 27.8. The van der Waals surface area contributed by atoms with Gasteiger partial charge in [0.05, 0.1) is 29.8 Å². The summed E-state index contributed by atoms with van der Waals surface area (Å²) >= 11 is 0. The average Bonchev–Trinajstić information content (AvgIpc) is 2.52. The van der Waals surface area contributed by atoms with Crippen molar-refractivity contribution in [3.8, 4) is 5.75 Å². The van der Waals surface area contributed by atoms with E-state index >= 15 is 0 Å². The van der Waals surface area contributed by atoms with Gasteiger partial charge in [-0.3, -0.25) is 9.78 Å². The van der Waals surface area contributed by atoms with E-state index in [1.807, 2.05) is 0 Å². The van der Waals surface area contributed by atoms with Crippen LogP contribution in [0.1, 0.15) is 16.1 Å². The first-order chi connectivity index (χ1) is 10.4. The molecule has 1 aromatic heterocycles. The number of amides is 1. The van der Waals surface area contributed by atoms with Crippen LogP contribution >= 0.6 is 0 Å². The quantitative estimate of drug-likeness (QED) is 0.840. The minimum Gasteiger partial charge on any atom is -0.496 e. The van der Waals surface area contributed by atoms with Crippen LogP contribution in [0.25, 0.3) is 0 Å². The van der Waals surface area contributed by atoms with Crippen LogP contribution in [-0.4, -0.2) is 26.4 Å². The van der Waals surface area contributed by atoms with Gasteiger partial charge in [-0.15, -0.1) is 0 Å². The molecule has 2 aromatic rings. The van der Waals surface area contributed by atoms with Gasteiger partial charge in [-0.25, -0.2) is 13.6 Å². The predicted octanol–water partition coefficient (Wildman–Crippen LogP) is 0.668. The number of carbonyl (C=O) groups is 1. The summed E-state index contributed by atoms with van der Waals surface area (Å²) in [5, 5.41) is 7.72. The summed E-state index contributed by atoms with van der Waals surface area (Å²) in [5.74, 6) is -0.223. The molecule has 3 N–H and O–H groups in total. The van der Waals surface area contributed by atoms with E-state index in [0.717, 1.165) is 0 Å². The van der Waals surface area contributed by atoms with E-state index in [-0.39, 0.29) is 22.8 Å². The van der Waals surface area contributed by atoms with Crippen molar-refractivity contribution < 1.29 is 17.9 Å².